The Hall–Kier alpha value is -1.40. The van der Waals surface area contributed by atoms with E-state index >= 15 is 0 Å². The van der Waals surface area contributed by atoms with Crippen molar-refractivity contribution in [3.8, 4) is 0 Å². The summed E-state index contributed by atoms with van der Waals surface area (Å²) in [4.78, 5) is 0. The van der Waals surface area contributed by atoms with E-state index < -0.39 is 0 Å². The van der Waals surface area contributed by atoms with Crippen molar-refractivity contribution in [3.63, 3.8) is 0 Å². The summed E-state index contributed by atoms with van der Waals surface area (Å²) in [6.07, 6.45) is 2.29. The highest BCUT2D eigenvalue weighted by molar-refractivity contribution is 7.98. The van der Waals surface area contributed by atoms with Gasteiger partial charge in [0.05, 0.1) is 6.54 Å². The number of benzene rings is 1. The number of nitrogens with zero attached hydrogens (tertiary/aromatic N) is 2. The molecule has 0 amide bonds. The molecule has 2 aromatic rings. The van der Waals surface area contributed by atoms with Crippen molar-refractivity contribution in [1.29, 1.82) is 0 Å². The standard InChI is InChI=1S/C13H14FN3OS/c14-10-4-1-3-9(7-10)8-19-13-17-16-12(18-13)11-5-2-6-15-11/h1,3-4,7,11,15H,2,5-6,8H2/p+1. The maximum absolute atomic E-state index is 13.0. The molecule has 2 N–H and O–H groups in total. The van der Waals surface area contributed by atoms with E-state index in [9.17, 15) is 4.39 Å². The van der Waals surface area contributed by atoms with E-state index in [0.29, 0.717) is 22.9 Å². The van der Waals surface area contributed by atoms with Crippen molar-refractivity contribution in [1.82, 2.24) is 10.2 Å². The van der Waals surface area contributed by atoms with Gasteiger partial charge in [-0.2, -0.15) is 0 Å². The lowest BCUT2D eigenvalue weighted by molar-refractivity contribution is -0.678. The first kappa shape index (κ1) is 12.6. The van der Waals surface area contributed by atoms with Gasteiger partial charge in [0.1, 0.15) is 5.82 Å². The topological polar surface area (TPSA) is 55.5 Å². The fourth-order valence-corrected chi connectivity index (χ4v) is 2.91. The molecule has 0 bridgehead atoms. The molecular formula is C13H15FN3OS+. The number of thioether (sulfide) groups is 1. The van der Waals surface area contributed by atoms with E-state index in [1.807, 2.05) is 6.07 Å². The summed E-state index contributed by atoms with van der Waals surface area (Å²) in [7, 11) is 0. The SMILES string of the molecule is Fc1cccc(CSc2nnc(C3CCC[NH2+]3)o2)c1. The largest absolute Gasteiger partial charge is 0.410 e. The van der Waals surface area contributed by atoms with Crippen LogP contribution in [0.5, 0.6) is 0 Å². The average Bonchev–Trinajstić information content (AvgIpc) is 3.07. The second-order valence-electron chi connectivity index (χ2n) is 4.60. The molecule has 1 aliphatic heterocycles. The van der Waals surface area contributed by atoms with Crippen LogP contribution in [-0.2, 0) is 5.75 Å². The first-order valence-corrected chi connectivity index (χ1v) is 7.34. The third-order valence-corrected chi connectivity index (χ3v) is 4.05. The van der Waals surface area contributed by atoms with Crippen LogP contribution in [0.3, 0.4) is 0 Å². The molecular weight excluding hydrogens is 265 g/mol. The van der Waals surface area contributed by atoms with Crippen molar-refractivity contribution in [2.75, 3.05) is 6.54 Å². The number of quaternary nitrogens is 1. The molecule has 2 heterocycles. The van der Waals surface area contributed by atoms with Gasteiger partial charge in [0.25, 0.3) is 11.1 Å². The number of aromatic nitrogens is 2. The van der Waals surface area contributed by atoms with Crippen LogP contribution in [0, 0.1) is 5.82 Å². The van der Waals surface area contributed by atoms with E-state index in [4.69, 9.17) is 4.42 Å². The van der Waals surface area contributed by atoms with E-state index in [2.05, 4.69) is 15.5 Å². The highest BCUT2D eigenvalue weighted by Crippen LogP contribution is 2.24. The maximum atomic E-state index is 13.0. The summed E-state index contributed by atoms with van der Waals surface area (Å²) in [5.41, 5.74) is 0.914. The van der Waals surface area contributed by atoms with Gasteiger partial charge in [-0.3, -0.25) is 0 Å². The Morgan fingerprint density at radius 1 is 1.42 bits per heavy atom. The summed E-state index contributed by atoms with van der Waals surface area (Å²) in [6, 6.07) is 6.87. The second kappa shape index (κ2) is 5.71. The quantitative estimate of drug-likeness (QED) is 0.869. The Kier molecular flexibility index (Phi) is 3.79. The van der Waals surface area contributed by atoms with Gasteiger partial charge in [-0.05, 0) is 17.7 Å². The van der Waals surface area contributed by atoms with Crippen molar-refractivity contribution >= 4 is 11.8 Å². The Balaban J connectivity index is 1.61. The molecule has 1 saturated heterocycles. The molecule has 0 spiro atoms. The number of hydrogen-bond acceptors (Lipinski definition) is 4. The highest BCUT2D eigenvalue weighted by atomic mass is 32.2. The average molecular weight is 280 g/mol. The van der Waals surface area contributed by atoms with E-state index in [0.717, 1.165) is 18.5 Å². The van der Waals surface area contributed by atoms with Crippen LogP contribution in [0.1, 0.15) is 30.3 Å². The number of halogens is 1. The van der Waals surface area contributed by atoms with Crippen LogP contribution in [0.25, 0.3) is 0 Å². The molecule has 1 unspecified atom stereocenters. The molecule has 6 heteroatoms. The zero-order valence-electron chi connectivity index (χ0n) is 10.4. The molecule has 1 aliphatic rings. The Morgan fingerprint density at radius 3 is 3.16 bits per heavy atom. The fourth-order valence-electron chi connectivity index (χ4n) is 2.20. The van der Waals surface area contributed by atoms with Gasteiger partial charge < -0.3 is 9.73 Å². The summed E-state index contributed by atoms with van der Waals surface area (Å²) >= 11 is 1.44. The highest BCUT2D eigenvalue weighted by Gasteiger charge is 2.26. The van der Waals surface area contributed by atoms with Crippen LogP contribution in [-0.4, -0.2) is 16.7 Å². The molecule has 0 aliphatic carbocycles. The Bertz CT molecular complexity index is 554. The van der Waals surface area contributed by atoms with Crippen molar-refractivity contribution < 1.29 is 14.1 Å². The Morgan fingerprint density at radius 2 is 2.37 bits per heavy atom. The van der Waals surface area contributed by atoms with E-state index in [1.165, 1.54) is 30.3 Å². The molecule has 1 fully saturated rings. The zero-order valence-corrected chi connectivity index (χ0v) is 11.2. The fraction of sp³-hybridized carbons (Fsp3) is 0.385. The van der Waals surface area contributed by atoms with Crippen LogP contribution in [0.15, 0.2) is 33.9 Å². The van der Waals surface area contributed by atoms with Crippen LogP contribution < -0.4 is 5.32 Å². The third kappa shape index (κ3) is 3.13. The first-order valence-electron chi connectivity index (χ1n) is 6.35. The lowest BCUT2D eigenvalue weighted by Crippen LogP contribution is -2.81. The predicted octanol–water partition coefficient (Wildman–Crippen LogP) is 1.90. The van der Waals surface area contributed by atoms with Crippen molar-refractivity contribution in [3.05, 3.63) is 41.5 Å². The van der Waals surface area contributed by atoms with Gasteiger partial charge in [0.15, 0.2) is 6.04 Å². The van der Waals surface area contributed by atoms with E-state index in [-0.39, 0.29) is 5.82 Å². The lowest BCUT2D eigenvalue weighted by Gasteiger charge is -1.99. The van der Waals surface area contributed by atoms with Gasteiger partial charge in [-0.15, -0.1) is 10.2 Å². The minimum absolute atomic E-state index is 0.218. The molecule has 1 aromatic carbocycles. The normalized spacial score (nSPS) is 18.9. The summed E-state index contributed by atoms with van der Waals surface area (Å²) in [5.74, 6) is 1.12. The van der Waals surface area contributed by atoms with E-state index in [1.54, 1.807) is 6.07 Å². The molecule has 100 valence electrons. The van der Waals surface area contributed by atoms with Gasteiger partial charge in [-0.1, -0.05) is 23.9 Å². The first-order chi connectivity index (χ1) is 9.31. The van der Waals surface area contributed by atoms with Gasteiger partial charge in [-0.25, -0.2) is 4.39 Å². The molecule has 4 nitrogen and oxygen atoms in total. The van der Waals surface area contributed by atoms with Gasteiger partial charge in [0, 0.05) is 18.6 Å². The van der Waals surface area contributed by atoms with Crippen molar-refractivity contribution in [2.45, 2.75) is 29.9 Å². The third-order valence-electron chi connectivity index (χ3n) is 3.16. The Labute approximate surface area is 114 Å². The number of nitrogens with two attached hydrogens (primary N) is 1. The number of rotatable bonds is 4. The number of hydrogen-bond donors (Lipinski definition) is 1. The molecule has 3 rings (SSSR count). The van der Waals surface area contributed by atoms with Crippen LogP contribution in [0.4, 0.5) is 4.39 Å². The zero-order chi connectivity index (χ0) is 13.1. The van der Waals surface area contributed by atoms with Gasteiger partial charge >= 0.3 is 0 Å². The maximum Gasteiger partial charge on any atom is 0.277 e. The monoisotopic (exact) mass is 280 g/mol. The van der Waals surface area contributed by atoms with Gasteiger partial charge in [0.2, 0.25) is 0 Å². The van der Waals surface area contributed by atoms with Crippen molar-refractivity contribution in [2.24, 2.45) is 0 Å². The molecule has 0 radical (unpaired) electrons. The summed E-state index contributed by atoms with van der Waals surface area (Å²) in [6.45, 7) is 1.12. The minimum Gasteiger partial charge on any atom is -0.410 e. The smallest absolute Gasteiger partial charge is 0.277 e. The second-order valence-corrected chi connectivity index (χ2v) is 5.52. The molecule has 0 saturated carbocycles. The molecule has 19 heavy (non-hydrogen) atoms. The minimum atomic E-state index is -0.218. The summed E-state index contributed by atoms with van der Waals surface area (Å²) < 4.78 is 18.7. The van der Waals surface area contributed by atoms with Crippen LogP contribution in [0.2, 0.25) is 0 Å². The summed E-state index contributed by atoms with van der Waals surface area (Å²) in [5, 5.41) is 10.9. The van der Waals surface area contributed by atoms with Crippen LogP contribution >= 0.6 is 11.8 Å². The predicted molar refractivity (Wildman–Crippen MR) is 69.0 cm³/mol. The molecule has 1 aromatic heterocycles. The lowest BCUT2D eigenvalue weighted by atomic mass is 10.2. The molecule has 1 atom stereocenters.